The Hall–Kier alpha value is -1.75. The SMILES string of the molecule is COc1cc(C)c(Cl)cc1C=NNC(N)=O. The molecule has 0 radical (unpaired) electrons. The summed E-state index contributed by atoms with van der Waals surface area (Å²) in [5, 5.41) is 4.23. The van der Waals surface area contributed by atoms with Crippen LogP contribution < -0.4 is 15.9 Å². The van der Waals surface area contributed by atoms with Gasteiger partial charge in [0, 0.05) is 10.6 Å². The summed E-state index contributed by atoms with van der Waals surface area (Å²) in [4.78, 5) is 10.4. The molecule has 3 N–H and O–H groups in total. The minimum absolute atomic E-state index is 0.598. The van der Waals surface area contributed by atoms with Crippen molar-refractivity contribution in [2.24, 2.45) is 10.8 Å². The van der Waals surface area contributed by atoms with Crippen LogP contribution in [0.25, 0.3) is 0 Å². The summed E-state index contributed by atoms with van der Waals surface area (Å²) in [5.41, 5.74) is 8.51. The molecule has 0 saturated carbocycles. The number of benzene rings is 1. The number of carbonyl (C=O) groups excluding carboxylic acids is 1. The van der Waals surface area contributed by atoms with Gasteiger partial charge in [-0.3, -0.25) is 0 Å². The number of halogens is 1. The lowest BCUT2D eigenvalue weighted by Crippen LogP contribution is -2.24. The number of hydrogen-bond donors (Lipinski definition) is 2. The van der Waals surface area contributed by atoms with Gasteiger partial charge in [-0.15, -0.1) is 0 Å². The van der Waals surface area contributed by atoms with Crippen LogP contribution in [0.3, 0.4) is 0 Å². The smallest absolute Gasteiger partial charge is 0.332 e. The molecule has 86 valence electrons. The number of methoxy groups -OCH3 is 1. The summed E-state index contributed by atoms with van der Waals surface area (Å²) < 4.78 is 5.14. The maximum atomic E-state index is 10.4. The fourth-order valence-corrected chi connectivity index (χ4v) is 1.29. The second-order valence-electron chi connectivity index (χ2n) is 3.08. The molecule has 0 saturated heterocycles. The standard InChI is InChI=1S/C10H12ClN3O2/c1-6-3-9(16-2)7(4-8(6)11)5-13-14-10(12)15/h3-5H,1-2H3,(H3,12,14,15). The van der Waals surface area contributed by atoms with Gasteiger partial charge in [-0.05, 0) is 24.6 Å². The van der Waals surface area contributed by atoms with Crippen molar-refractivity contribution in [3.8, 4) is 5.75 Å². The van der Waals surface area contributed by atoms with Crippen molar-refractivity contribution < 1.29 is 9.53 Å². The molecule has 16 heavy (non-hydrogen) atoms. The first-order chi connectivity index (χ1) is 7.54. The van der Waals surface area contributed by atoms with Gasteiger partial charge < -0.3 is 10.5 Å². The van der Waals surface area contributed by atoms with Gasteiger partial charge >= 0.3 is 6.03 Å². The molecule has 1 aromatic carbocycles. The van der Waals surface area contributed by atoms with E-state index in [0.29, 0.717) is 16.3 Å². The molecule has 5 nitrogen and oxygen atoms in total. The van der Waals surface area contributed by atoms with Gasteiger partial charge in [-0.25, -0.2) is 10.2 Å². The fourth-order valence-electron chi connectivity index (χ4n) is 1.11. The number of urea groups is 1. The summed E-state index contributed by atoms with van der Waals surface area (Å²) in [7, 11) is 1.54. The molecular formula is C10H12ClN3O2. The van der Waals surface area contributed by atoms with Crippen LogP contribution in [0.1, 0.15) is 11.1 Å². The van der Waals surface area contributed by atoms with E-state index in [2.05, 4.69) is 10.5 Å². The lowest BCUT2D eigenvalue weighted by Gasteiger charge is -2.07. The van der Waals surface area contributed by atoms with E-state index in [9.17, 15) is 4.79 Å². The predicted octanol–water partition coefficient (Wildman–Crippen LogP) is 1.66. The summed E-state index contributed by atoms with van der Waals surface area (Å²) in [6.07, 6.45) is 1.41. The van der Waals surface area contributed by atoms with E-state index < -0.39 is 6.03 Å². The number of amides is 2. The molecule has 0 fully saturated rings. The summed E-state index contributed by atoms with van der Waals surface area (Å²) >= 11 is 5.95. The predicted molar refractivity (Wildman–Crippen MR) is 63.1 cm³/mol. The molecule has 0 spiro atoms. The third kappa shape index (κ3) is 3.13. The number of nitrogens with zero attached hydrogens (tertiary/aromatic N) is 1. The average Bonchev–Trinajstić information content (AvgIpc) is 2.22. The lowest BCUT2D eigenvalue weighted by molar-refractivity contribution is 0.249. The first-order valence-corrected chi connectivity index (χ1v) is 4.85. The minimum Gasteiger partial charge on any atom is -0.496 e. The van der Waals surface area contributed by atoms with E-state index in [1.54, 1.807) is 19.2 Å². The number of aryl methyl sites for hydroxylation is 1. The second-order valence-corrected chi connectivity index (χ2v) is 3.48. The highest BCUT2D eigenvalue weighted by atomic mass is 35.5. The molecule has 0 atom stereocenters. The van der Waals surface area contributed by atoms with Crippen LogP contribution in [0.4, 0.5) is 4.79 Å². The third-order valence-corrected chi connectivity index (χ3v) is 2.30. The minimum atomic E-state index is -0.728. The van der Waals surface area contributed by atoms with Crippen molar-refractivity contribution in [3.63, 3.8) is 0 Å². The number of rotatable bonds is 3. The largest absolute Gasteiger partial charge is 0.496 e. The second kappa shape index (κ2) is 5.37. The first kappa shape index (κ1) is 12.3. The molecule has 0 aliphatic rings. The van der Waals surface area contributed by atoms with Crippen LogP contribution in [-0.4, -0.2) is 19.4 Å². The monoisotopic (exact) mass is 241 g/mol. The van der Waals surface area contributed by atoms with E-state index >= 15 is 0 Å². The summed E-state index contributed by atoms with van der Waals surface area (Å²) in [6, 6.07) is 2.75. The summed E-state index contributed by atoms with van der Waals surface area (Å²) in [5.74, 6) is 0.622. The van der Waals surface area contributed by atoms with Crippen molar-refractivity contribution in [2.45, 2.75) is 6.92 Å². The Kier molecular flexibility index (Phi) is 4.13. The molecule has 0 aromatic heterocycles. The zero-order chi connectivity index (χ0) is 12.1. The number of nitrogens with one attached hydrogen (secondary N) is 1. The molecule has 0 bridgehead atoms. The Balaban J connectivity index is 2.98. The molecule has 2 amide bonds. The van der Waals surface area contributed by atoms with Crippen LogP contribution in [0.15, 0.2) is 17.2 Å². The van der Waals surface area contributed by atoms with Crippen LogP contribution in [-0.2, 0) is 0 Å². The van der Waals surface area contributed by atoms with Crippen molar-refractivity contribution in [3.05, 3.63) is 28.3 Å². The van der Waals surface area contributed by atoms with Crippen LogP contribution in [0, 0.1) is 6.92 Å². The van der Waals surface area contributed by atoms with Crippen LogP contribution in [0.2, 0.25) is 5.02 Å². The molecule has 0 aliphatic heterocycles. The topological polar surface area (TPSA) is 76.7 Å². The zero-order valence-electron chi connectivity index (χ0n) is 8.95. The van der Waals surface area contributed by atoms with Crippen LogP contribution >= 0.6 is 11.6 Å². The number of carbonyl (C=O) groups is 1. The van der Waals surface area contributed by atoms with Gasteiger partial charge in [0.2, 0.25) is 0 Å². The molecule has 0 unspecified atom stereocenters. The molecule has 0 aliphatic carbocycles. The fraction of sp³-hybridized carbons (Fsp3) is 0.200. The molecule has 1 aromatic rings. The maximum Gasteiger partial charge on any atom is 0.332 e. The highest BCUT2D eigenvalue weighted by Crippen LogP contribution is 2.25. The van der Waals surface area contributed by atoms with E-state index in [0.717, 1.165) is 5.56 Å². The van der Waals surface area contributed by atoms with Gasteiger partial charge in [-0.1, -0.05) is 11.6 Å². The van der Waals surface area contributed by atoms with Gasteiger partial charge in [0.05, 0.1) is 13.3 Å². The Morgan fingerprint density at radius 3 is 2.88 bits per heavy atom. The van der Waals surface area contributed by atoms with Crippen LogP contribution in [0.5, 0.6) is 5.75 Å². The van der Waals surface area contributed by atoms with Crippen molar-refractivity contribution in [1.82, 2.24) is 5.43 Å². The van der Waals surface area contributed by atoms with Crippen molar-refractivity contribution >= 4 is 23.8 Å². The summed E-state index contributed by atoms with van der Waals surface area (Å²) in [6.45, 7) is 1.87. The Morgan fingerprint density at radius 2 is 2.31 bits per heavy atom. The number of primary amides is 1. The average molecular weight is 242 g/mol. The first-order valence-electron chi connectivity index (χ1n) is 4.47. The zero-order valence-corrected chi connectivity index (χ0v) is 9.71. The van der Waals surface area contributed by atoms with Crippen molar-refractivity contribution in [1.29, 1.82) is 0 Å². The number of ether oxygens (including phenoxy) is 1. The molecular weight excluding hydrogens is 230 g/mol. The van der Waals surface area contributed by atoms with E-state index in [4.69, 9.17) is 22.1 Å². The van der Waals surface area contributed by atoms with Gasteiger partial charge in [0.25, 0.3) is 0 Å². The quantitative estimate of drug-likeness (QED) is 0.624. The Morgan fingerprint density at radius 1 is 1.62 bits per heavy atom. The highest BCUT2D eigenvalue weighted by Gasteiger charge is 2.04. The normalized spacial score (nSPS) is 10.4. The lowest BCUT2D eigenvalue weighted by atomic mass is 10.1. The van der Waals surface area contributed by atoms with E-state index in [-0.39, 0.29) is 0 Å². The van der Waals surface area contributed by atoms with Crippen molar-refractivity contribution in [2.75, 3.05) is 7.11 Å². The van der Waals surface area contributed by atoms with Gasteiger partial charge in [-0.2, -0.15) is 5.10 Å². The maximum absolute atomic E-state index is 10.4. The third-order valence-electron chi connectivity index (χ3n) is 1.89. The molecule has 0 heterocycles. The highest BCUT2D eigenvalue weighted by molar-refractivity contribution is 6.31. The molecule has 1 rings (SSSR count). The number of nitrogens with two attached hydrogens (primary N) is 1. The van der Waals surface area contributed by atoms with Gasteiger partial charge in [0.1, 0.15) is 5.75 Å². The molecule has 6 heteroatoms. The Bertz CT molecular complexity index is 432. The van der Waals surface area contributed by atoms with E-state index in [1.807, 2.05) is 6.92 Å². The van der Waals surface area contributed by atoms with Gasteiger partial charge in [0.15, 0.2) is 0 Å². The number of hydrogen-bond acceptors (Lipinski definition) is 3. The Labute approximate surface area is 98.2 Å². The number of hydrazone groups is 1. The van der Waals surface area contributed by atoms with E-state index in [1.165, 1.54) is 6.21 Å².